The molecule has 0 bridgehead atoms. The highest BCUT2D eigenvalue weighted by atomic mass is 32.2. The predicted octanol–water partition coefficient (Wildman–Crippen LogP) is 3.11. The van der Waals surface area contributed by atoms with Gasteiger partial charge in [-0.15, -0.1) is 0 Å². The average molecular weight is 351 g/mol. The Balaban J connectivity index is 2.18. The van der Waals surface area contributed by atoms with Crippen molar-refractivity contribution in [1.82, 2.24) is 4.31 Å². The molecule has 0 spiro atoms. The van der Waals surface area contributed by atoms with Crippen molar-refractivity contribution < 1.29 is 22.0 Å². The van der Waals surface area contributed by atoms with E-state index in [4.69, 9.17) is 0 Å². The van der Waals surface area contributed by atoms with Crippen LogP contribution < -0.4 is 0 Å². The SMILES string of the molecule is CN(C)S(=O)(=O)c1ccc(C(=O)/C=C/c2ccc(F)c(F)c2)cc1. The number of carbonyl (C=O) groups is 1. The van der Waals surface area contributed by atoms with Crippen molar-refractivity contribution in [3.63, 3.8) is 0 Å². The molecule has 2 aromatic carbocycles. The molecule has 4 nitrogen and oxygen atoms in total. The Labute approximate surface area is 139 Å². The Morgan fingerprint density at radius 3 is 2.17 bits per heavy atom. The zero-order chi connectivity index (χ0) is 17.9. The van der Waals surface area contributed by atoms with E-state index in [0.29, 0.717) is 5.56 Å². The van der Waals surface area contributed by atoms with Crippen molar-refractivity contribution in [1.29, 1.82) is 0 Å². The number of ketones is 1. The van der Waals surface area contributed by atoms with Crippen LogP contribution in [0, 0.1) is 11.6 Å². The number of sulfonamides is 1. The second-order valence-corrected chi connectivity index (χ2v) is 7.33. The second-order valence-electron chi connectivity index (χ2n) is 5.18. The normalized spacial score (nSPS) is 12.0. The van der Waals surface area contributed by atoms with Crippen molar-refractivity contribution in [2.75, 3.05) is 14.1 Å². The number of allylic oxidation sites excluding steroid dienone is 1. The fourth-order valence-corrected chi connectivity index (χ4v) is 2.79. The van der Waals surface area contributed by atoms with Crippen LogP contribution in [0.1, 0.15) is 15.9 Å². The Kier molecular flexibility index (Phi) is 5.26. The van der Waals surface area contributed by atoms with E-state index >= 15 is 0 Å². The van der Waals surface area contributed by atoms with E-state index in [-0.39, 0.29) is 16.2 Å². The molecule has 0 N–H and O–H groups in total. The van der Waals surface area contributed by atoms with Gasteiger partial charge in [-0.2, -0.15) is 0 Å². The van der Waals surface area contributed by atoms with E-state index in [1.807, 2.05) is 0 Å². The Morgan fingerprint density at radius 2 is 1.62 bits per heavy atom. The van der Waals surface area contributed by atoms with Gasteiger partial charge in [-0.05, 0) is 48.0 Å². The summed E-state index contributed by atoms with van der Waals surface area (Å²) < 4.78 is 50.9. The lowest BCUT2D eigenvalue weighted by molar-refractivity contribution is 0.104. The molecule has 0 aliphatic carbocycles. The molecule has 7 heteroatoms. The first kappa shape index (κ1) is 18.0. The molecular formula is C17H15F2NO3S. The van der Waals surface area contributed by atoms with Crippen molar-refractivity contribution in [3.05, 3.63) is 71.3 Å². The zero-order valence-corrected chi connectivity index (χ0v) is 13.8. The largest absolute Gasteiger partial charge is 0.289 e. The Bertz CT molecular complexity index is 889. The molecule has 0 aromatic heterocycles. The molecular weight excluding hydrogens is 336 g/mol. The molecule has 24 heavy (non-hydrogen) atoms. The summed E-state index contributed by atoms with van der Waals surface area (Å²) in [7, 11) is -0.725. The van der Waals surface area contributed by atoms with Gasteiger partial charge in [-0.1, -0.05) is 12.1 Å². The van der Waals surface area contributed by atoms with Crippen LogP contribution in [-0.4, -0.2) is 32.6 Å². The van der Waals surface area contributed by atoms with Crippen molar-refractivity contribution >= 4 is 21.9 Å². The van der Waals surface area contributed by atoms with E-state index in [0.717, 1.165) is 16.4 Å². The molecule has 2 rings (SSSR count). The minimum Gasteiger partial charge on any atom is -0.289 e. The first-order valence-corrected chi connectivity index (χ1v) is 8.36. The van der Waals surface area contributed by atoms with Crippen molar-refractivity contribution in [2.24, 2.45) is 0 Å². The van der Waals surface area contributed by atoms with E-state index in [1.54, 1.807) is 0 Å². The third kappa shape index (κ3) is 3.93. The maximum absolute atomic E-state index is 13.1. The van der Waals surface area contributed by atoms with E-state index in [1.165, 1.54) is 56.6 Å². The molecule has 0 atom stereocenters. The third-order valence-corrected chi connectivity index (χ3v) is 5.12. The number of carbonyl (C=O) groups excluding carboxylic acids is 1. The maximum Gasteiger partial charge on any atom is 0.242 e. The van der Waals surface area contributed by atoms with Crippen LogP contribution in [0.2, 0.25) is 0 Å². The smallest absolute Gasteiger partial charge is 0.242 e. The van der Waals surface area contributed by atoms with E-state index in [9.17, 15) is 22.0 Å². The average Bonchev–Trinajstić information content (AvgIpc) is 2.55. The standard InChI is InChI=1S/C17H15F2NO3S/c1-20(2)24(22,23)14-7-5-13(6-8-14)17(21)10-4-12-3-9-15(18)16(19)11-12/h3-11H,1-2H3/b10-4+. The molecule has 0 heterocycles. The molecule has 0 radical (unpaired) electrons. The van der Waals surface area contributed by atoms with Crippen LogP contribution in [0.3, 0.4) is 0 Å². The van der Waals surface area contributed by atoms with Gasteiger partial charge in [-0.3, -0.25) is 4.79 Å². The van der Waals surface area contributed by atoms with Crippen LogP contribution in [-0.2, 0) is 10.0 Å². The molecule has 0 saturated heterocycles. The first-order valence-electron chi connectivity index (χ1n) is 6.92. The number of halogens is 2. The van der Waals surface area contributed by atoms with Crippen molar-refractivity contribution in [3.8, 4) is 0 Å². The van der Waals surface area contributed by atoms with Gasteiger partial charge in [0, 0.05) is 19.7 Å². The lowest BCUT2D eigenvalue weighted by Crippen LogP contribution is -2.22. The Morgan fingerprint density at radius 1 is 1.00 bits per heavy atom. The fourth-order valence-electron chi connectivity index (χ4n) is 1.89. The number of nitrogens with zero attached hydrogens (tertiary/aromatic N) is 1. The molecule has 0 unspecified atom stereocenters. The zero-order valence-electron chi connectivity index (χ0n) is 13.0. The number of hydrogen-bond donors (Lipinski definition) is 0. The van der Waals surface area contributed by atoms with Crippen molar-refractivity contribution in [2.45, 2.75) is 4.90 Å². The van der Waals surface area contributed by atoms with Gasteiger partial charge in [0.05, 0.1) is 4.90 Å². The summed E-state index contributed by atoms with van der Waals surface area (Å²) in [4.78, 5) is 12.1. The minimum absolute atomic E-state index is 0.0774. The quantitative estimate of drug-likeness (QED) is 0.614. The molecule has 0 amide bonds. The van der Waals surface area contributed by atoms with Gasteiger partial charge in [0.25, 0.3) is 0 Å². The van der Waals surface area contributed by atoms with Gasteiger partial charge in [-0.25, -0.2) is 21.5 Å². The summed E-state index contributed by atoms with van der Waals surface area (Å²) in [6, 6.07) is 8.77. The lowest BCUT2D eigenvalue weighted by atomic mass is 10.1. The number of hydrogen-bond acceptors (Lipinski definition) is 3. The van der Waals surface area contributed by atoms with Crippen LogP contribution in [0.5, 0.6) is 0 Å². The topological polar surface area (TPSA) is 54.5 Å². The molecule has 0 aliphatic heterocycles. The van der Waals surface area contributed by atoms with Gasteiger partial charge in [0.2, 0.25) is 10.0 Å². The van der Waals surface area contributed by atoms with E-state index in [2.05, 4.69) is 0 Å². The molecule has 0 aliphatic rings. The van der Waals surface area contributed by atoms with Gasteiger partial charge >= 0.3 is 0 Å². The van der Waals surface area contributed by atoms with Gasteiger partial charge in [0.1, 0.15) is 0 Å². The molecule has 0 saturated carbocycles. The fraction of sp³-hybridized carbons (Fsp3) is 0.118. The number of benzene rings is 2. The summed E-state index contributed by atoms with van der Waals surface area (Å²) in [6.45, 7) is 0. The van der Waals surface area contributed by atoms with E-state index < -0.39 is 21.7 Å². The maximum atomic E-state index is 13.1. The third-order valence-electron chi connectivity index (χ3n) is 3.29. The monoisotopic (exact) mass is 351 g/mol. The summed E-state index contributed by atoms with van der Waals surface area (Å²) in [6.07, 6.45) is 2.57. The lowest BCUT2D eigenvalue weighted by Gasteiger charge is -2.11. The summed E-state index contributed by atoms with van der Waals surface area (Å²) >= 11 is 0. The summed E-state index contributed by atoms with van der Waals surface area (Å²) in [5, 5.41) is 0. The second kappa shape index (κ2) is 7.02. The van der Waals surface area contributed by atoms with Crippen LogP contribution in [0.15, 0.2) is 53.4 Å². The number of rotatable bonds is 5. The Hall–Kier alpha value is -2.38. The minimum atomic E-state index is -3.56. The highest BCUT2D eigenvalue weighted by Crippen LogP contribution is 2.15. The van der Waals surface area contributed by atoms with Crippen LogP contribution in [0.25, 0.3) is 6.08 Å². The summed E-state index contributed by atoms with van der Waals surface area (Å²) in [5.74, 6) is -2.34. The van der Waals surface area contributed by atoms with Crippen LogP contribution >= 0.6 is 0 Å². The molecule has 126 valence electrons. The highest BCUT2D eigenvalue weighted by molar-refractivity contribution is 7.89. The molecule has 2 aromatic rings. The molecule has 0 fully saturated rings. The van der Waals surface area contributed by atoms with Gasteiger partial charge < -0.3 is 0 Å². The van der Waals surface area contributed by atoms with Crippen LogP contribution in [0.4, 0.5) is 8.78 Å². The van der Waals surface area contributed by atoms with Gasteiger partial charge in [0.15, 0.2) is 17.4 Å². The highest BCUT2D eigenvalue weighted by Gasteiger charge is 2.17. The summed E-state index contributed by atoms with van der Waals surface area (Å²) in [5.41, 5.74) is 0.626. The predicted molar refractivity (Wildman–Crippen MR) is 87.0 cm³/mol. The first-order chi connectivity index (χ1) is 11.2.